The molecule has 6 rings (SSSR count). The highest BCUT2D eigenvalue weighted by atomic mass is 14.9. The van der Waals surface area contributed by atoms with Crippen LogP contribution < -0.4 is 5.32 Å². The molecule has 0 amide bonds. The van der Waals surface area contributed by atoms with E-state index in [0.717, 1.165) is 36.8 Å². The zero-order valence-corrected chi connectivity index (χ0v) is 16.7. The molecule has 4 aliphatic rings. The van der Waals surface area contributed by atoms with Crippen molar-refractivity contribution in [3.8, 4) is 0 Å². The normalized spacial score (nSPS) is 34.1. The second kappa shape index (κ2) is 7.09. The molecule has 4 aliphatic carbocycles. The number of nitrogens with one attached hydrogen (secondary N) is 1. The number of benzene rings is 2. The van der Waals surface area contributed by atoms with E-state index in [-0.39, 0.29) is 0 Å². The van der Waals surface area contributed by atoms with E-state index in [1.54, 1.807) is 5.56 Å². The van der Waals surface area contributed by atoms with Crippen molar-refractivity contribution in [3.63, 3.8) is 0 Å². The van der Waals surface area contributed by atoms with Gasteiger partial charge in [-0.1, -0.05) is 60.2 Å². The van der Waals surface area contributed by atoms with Crippen molar-refractivity contribution in [1.82, 2.24) is 5.32 Å². The van der Waals surface area contributed by atoms with Crippen LogP contribution in [-0.2, 0) is 6.54 Å². The lowest BCUT2D eigenvalue weighted by Gasteiger charge is -2.62. The van der Waals surface area contributed by atoms with Crippen LogP contribution in [0.1, 0.15) is 61.1 Å². The van der Waals surface area contributed by atoms with Gasteiger partial charge in [0.2, 0.25) is 0 Å². The molecule has 4 bridgehead atoms. The van der Waals surface area contributed by atoms with Crippen LogP contribution in [0, 0.1) is 30.1 Å². The first-order valence-electron chi connectivity index (χ1n) is 11.0. The smallest absolute Gasteiger partial charge is 0.0205 e. The summed E-state index contributed by atoms with van der Waals surface area (Å²) in [7, 11) is 0. The molecule has 3 atom stereocenters. The highest BCUT2D eigenvalue weighted by Crippen LogP contribution is 2.67. The van der Waals surface area contributed by atoms with E-state index >= 15 is 0 Å². The number of hydrogen-bond acceptors (Lipinski definition) is 1. The third-order valence-corrected chi connectivity index (χ3v) is 7.83. The van der Waals surface area contributed by atoms with Crippen molar-refractivity contribution < 1.29 is 0 Å². The third-order valence-electron chi connectivity index (χ3n) is 7.83. The number of aryl methyl sites for hydroxylation is 1. The van der Waals surface area contributed by atoms with Gasteiger partial charge >= 0.3 is 0 Å². The quantitative estimate of drug-likeness (QED) is 0.616. The Labute approximate surface area is 164 Å². The van der Waals surface area contributed by atoms with Crippen LogP contribution in [-0.4, -0.2) is 6.54 Å². The minimum Gasteiger partial charge on any atom is -0.313 e. The van der Waals surface area contributed by atoms with Crippen LogP contribution in [0.3, 0.4) is 0 Å². The zero-order chi connectivity index (χ0) is 18.3. The summed E-state index contributed by atoms with van der Waals surface area (Å²) in [5, 5.41) is 3.76. The molecule has 0 aliphatic heterocycles. The van der Waals surface area contributed by atoms with Crippen molar-refractivity contribution >= 4 is 0 Å². The molecule has 0 saturated heterocycles. The lowest BCUT2D eigenvalue weighted by Crippen LogP contribution is -2.52. The topological polar surface area (TPSA) is 12.0 Å². The minimum atomic E-state index is 0.548. The van der Waals surface area contributed by atoms with Crippen LogP contribution >= 0.6 is 0 Å². The zero-order valence-electron chi connectivity index (χ0n) is 16.7. The van der Waals surface area contributed by atoms with Crippen LogP contribution in [0.5, 0.6) is 0 Å². The Kier molecular flexibility index (Phi) is 4.60. The molecule has 2 aromatic rings. The molecular weight excluding hydrogens is 326 g/mol. The lowest BCUT2D eigenvalue weighted by molar-refractivity contribution is -0.0796. The summed E-state index contributed by atoms with van der Waals surface area (Å²) < 4.78 is 0. The van der Waals surface area contributed by atoms with Gasteiger partial charge in [0.25, 0.3) is 0 Å². The van der Waals surface area contributed by atoms with E-state index < -0.39 is 0 Å². The van der Waals surface area contributed by atoms with Crippen molar-refractivity contribution in [1.29, 1.82) is 0 Å². The summed E-state index contributed by atoms with van der Waals surface area (Å²) in [6, 6.07) is 20.3. The molecule has 0 heterocycles. The summed E-state index contributed by atoms with van der Waals surface area (Å²) in [4.78, 5) is 0. The van der Waals surface area contributed by atoms with E-state index in [1.165, 1.54) is 49.7 Å². The van der Waals surface area contributed by atoms with Gasteiger partial charge in [0.15, 0.2) is 0 Å². The molecule has 142 valence electrons. The molecule has 0 spiro atoms. The summed E-state index contributed by atoms with van der Waals surface area (Å²) >= 11 is 0. The van der Waals surface area contributed by atoms with Crippen LogP contribution in [0.15, 0.2) is 54.6 Å². The third kappa shape index (κ3) is 3.36. The second-order valence-corrected chi connectivity index (χ2v) is 9.77. The maximum atomic E-state index is 3.76. The fraction of sp³-hybridized carbons (Fsp3) is 0.538. The average Bonchev–Trinajstić information content (AvgIpc) is 2.65. The fourth-order valence-electron chi connectivity index (χ4n) is 7.22. The second-order valence-electron chi connectivity index (χ2n) is 9.77. The molecule has 3 unspecified atom stereocenters. The van der Waals surface area contributed by atoms with Gasteiger partial charge in [0.1, 0.15) is 0 Å². The Morgan fingerprint density at radius 1 is 0.926 bits per heavy atom. The van der Waals surface area contributed by atoms with Crippen LogP contribution in [0.25, 0.3) is 0 Å². The van der Waals surface area contributed by atoms with Crippen LogP contribution in [0.2, 0.25) is 0 Å². The molecule has 0 aromatic heterocycles. The van der Waals surface area contributed by atoms with Crippen LogP contribution in [0.4, 0.5) is 0 Å². The maximum Gasteiger partial charge on any atom is 0.0205 e. The first-order chi connectivity index (χ1) is 13.2. The van der Waals surface area contributed by atoms with E-state index in [1.807, 2.05) is 0 Å². The molecule has 0 radical (unpaired) electrons. The van der Waals surface area contributed by atoms with Gasteiger partial charge < -0.3 is 5.32 Å². The predicted octanol–water partition coefficient (Wildman–Crippen LogP) is 6.08. The largest absolute Gasteiger partial charge is 0.313 e. The fourth-order valence-corrected chi connectivity index (χ4v) is 7.22. The SMILES string of the molecule is Cc1cccc(C2C3CC4CC(C3)CC2(CCNCc2ccccc2)C4)c1. The van der Waals surface area contributed by atoms with E-state index in [2.05, 4.69) is 66.8 Å². The van der Waals surface area contributed by atoms with Crippen molar-refractivity contribution in [2.75, 3.05) is 6.54 Å². The van der Waals surface area contributed by atoms with Gasteiger partial charge in [-0.3, -0.25) is 0 Å². The van der Waals surface area contributed by atoms with Crippen molar-refractivity contribution in [2.45, 2.75) is 57.9 Å². The molecule has 27 heavy (non-hydrogen) atoms. The summed E-state index contributed by atoms with van der Waals surface area (Å²) in [6.45, 7) is 4.42. The van der Waals surface area contributed by atoms with E-state index in [0.29, 0.717) is 5.41 Å². The Morgan fingerprint density at radius 3 is 2.44 bits per heavy atom. The number of rotatable bonds is 6. The highest BCUT2D eigenvalue weighted by molar-refractivity contribution is 5.30. The molecule has 4 fully saturated rings. The van der Waals surface area contributed by atoms with Gasteiger partial charge in [-0.25, -0.2) is 0 Å². The van der Waals surface area contributed by atoms with Gasteiger partial charge in [-0.15, -0.1) is 0 Å². The van der Waals surface area contributed by atoms with Gasteiger partial charge in [-0.05, 0) is 92.2 Å². The molecule has 1 nitrogen and oxygen atoms in total. The van der Waals surface area contributed by atoms with E-state index in [4.69, 9.17) is 0 Å². The van der Waals surface area contributed by atoms with Crippen molar-refractivity contribution in [3.05, 3.63) is 71.3 Å². The predicted molar refractivity (Wildman–Crippen MR) is 113 cm³/mol. The van der Waals surface area contributed by atoms with Gasteiger partial charge in [-0.2, -0.15) is 0 Å². The minimum absolute atomic E-state index is 0.548. The van der Waals surface area contributed by atoms with Gasteiger partial charge in [0, 0.05) is 6.54 Å². The standard InChI is InChI=1S/C26H33N/c1-19-6-5-9-23(12-19)25-24-14-21-13-22(15-24)17-26(25,16-21)10-11-27-18-20-7-3-2-4-8-20/h2-9,12,21-22,24-25,27H,10-11,13-18H2,1H3. The summed E-state index contributed by atoms with van der Waals surface area (Å²) in [5.74, 6) is 3.76. The molecule has 2 aromatic carbocycles. The Bertz CT molecular complexity index is 766. The maximum absolute atomic E-state index is 3.76. The molecule has 4 saturated carbocycles. The Hall–Kier alpha value is -1.60. The first kappa shape index (κ1) is 17.5. The average molecular weight is 360 g/mol. The number of hydrogen-bond donors (Lipinski definition) is 1. The van der Waals surface area contributed by atoms with E-state index in [9.17, 15) is 0 Å². The highest BCUT2D eigenvalue weighted by Gasteiger charge is 2.56. The Morgan fingerprint density at radius 2 is 1.70 bits per heavy atom. The Balaban J connectivity index is 1.34. The van der Waals surface area contributed by atoms with Gasteiger partial charge in [0.05, 0.1) is 0 Å². The lowest BCUT2D eigenvalue weighted by atomic mass is 9.43. The monoisotopic (exact) mass is 359 g/mol. The molecule has 1 heteroatoms. The van der Waals surface area contributed by atoms with Crippen molar-refractivity contribution in [2.24, 2.45) is 23.2 Å². The molecule has 1 N–H and O–H groups in total. The first-order valence-corrected chi connectivity index (χ1v) is 11.0. The summed E-state index contributed by atoms with van der Waals surface area (Å²) in [6.07, 6.45) is 8.82. The summed E-state index contributed by atoms with van der Waals surface area (Å²) in [5.41, 5.74) is 5.02. The molecular formula is C26H33N.